The summed E-state index contributed by atoms with van der Waals surface area (Å²) < 4.78 is 0. The number of nitrogens with zero attached hydrogens (tertiary/aromatic N) is 2. The van der Waals surface area contributed by atoms with Crippen LogP contribution < -0.4 is 4.90 Å². The molecule has 3 heteroatoms. The van der Waals surface area contributed by atoms with Crippen molar-refractivity contribution in [3.63, 3.8) is 0 Å². The summed E-state index contributed by atoms with van der Waals surface area (Å²) in [7, 11) is 0. The van der Waals surface area contributed by atoms with Crippen LogP contribution in [0.3, 0.4) is 0 Å². The van der Waals surface area contributed by atoms with E-state index in [0.717, 1.165) is 31.5 Å². The maximum absolute atomic E-state index is 12.2. The monoisotopic (exact) mass is 290 g/mol. The van der Waals surface area contributed by atoms with Crippen molar-refractivity contribution in [1.29, 1.82) is 5.26 Å². The van der Waals surface area contributed by atoms with Crippen LogP contribution in [0.1, 0.15) is 29.5 Å². The van der Waals surface area contributed by atoms with E-state index in [0.29, 0.717) is 12.0 Å². The smallest absolute Gasteiger partial charge is 0.227 e. The Kier molecular flexibility index (Phi) is 4.20. The Morgan fingerprint density at radius 2 is 1.82 bits per heavy atom. The van der Waals surface area contributed by atoms with E-state index in [2.05, 4.69) is 12.1 Å². The Morgan fingerprint density at radius 3 is 2.59 bits per heavy atom. The molecule has 110 valence electrons. The molecule has 1 amide bonds. The summed E-state index contributed by atoms with van der Waals surface area (Å²) in [6, 6.07) is 18.0. The van der Waals surface area contributed by atoms with Gasteiger partial charge in [-0.2, -0.15) is 5.26 Å². The molecule has 0 unspecified atom stereocenters. The van der Waals surface area contributed by atoms with Gasteiger partial charge in [0.15, 0.2) is 0 Å². The van der Waals surface area contributed by atoms with Crippen molar-refractivity contribution in [2.45, 2.75) is 25.7 Å². The highest BCUT2D eigenvalue weighted by Gasteiger charge is 2.22. The van der Waals surface area contributed by atoms with Crippen LogP contribution in [0.4, 0.5) is 5.69 Å². The lowest BCUT2D eigenvalue weighted by molar-refractivity contribution is -0.118. The van der Waals surface area contributed by atoms with E-state index in [1.165, 1.54) is 11.1 Å². The molecule has 0 fully saturated rings. The molecule has 1 aliphatic heterocycles. The standard InChI is InChI=1S/C19H18N2O/c20-14-16-9-7-15(8-10-16)4-3-13-21-18-6-2-1-5-17(18)11-12-19(21)22/h1-2,5-10H,3-4,11-13H2. The van der Waals surface area contributed by atoms with Crippen LogP contribution in [0, 0.1) is 11.3 Å². The quantitative estimate of drug-likeness (QED) is 0.865. The number of carbonyl (C=O) groups is 1. The minimum atomic E-state index is 0.221. The molecule has 1 aliphatic rings. The third kappa shape index (κ3) is 3.01. The molecule has 0 N–H and O–H groups in total. The fourth-order valence-corrected chi connectivity index (χ4v) is 2.93. The van der Waals surface area contributed by atoms with Gasteiger partial charge in [0.1, 0.15) is 0 Å². The van der Waals surface area contributed by atoms with Gasteiger partial charge in [-0.3, -0.25) is 4.79 Å². The number of carbonyl (C=O) groups excluding carboxylic acids is 1. The molecular formula is C19H18N2O. The van der Waals surface area contributed by atoms with Gasteiger partial charge in [-0.05, 0) is 48.6 Å². The lowest BCUT2D eigenvalue weighted by Gasteiger charge is -2.29. The normalized spacial score (nSPS) is 13.6. The van der Waals surface area contributed by atoms with Gasteiger partial charge in [-0.15, -0.1) is 0 Å². The van der Waals surface area contributed by atoms with Crippen molar-refractivity contribution in [2.24, 2.45) is 0 Å². The molecular weight excluding hydrogens is 272 g/mol. The van der Waals surface area contributed by atoms with Crippen LogP contribution >= 0.6 is 0 Å². The number of amides is 1. The second kappa shape index (κ2) is 6.44. The first-order valence-electron chi connectivity index (χ1n) is 7.65. The van der Waals surface area contributed by atoms with Crippen LogP contribution in [0.15, 0.2) is 48.5 Å². The maximum Gasteiger partial charge on any atom is 0.227 e. The third-order valence-corrected chi connectivity index (χ3v) is 4.12. The molecule has 0 spiro atoms. The Bertz CT molecular complexity index is 713. The number of para-hydroxylation sites is 1. The molecule has 3 nitrogen and oxygen atoms in total. The summed E-state index contributed by atoms with van der Waals surface area (Å²) in [5.41, 5.74) is 4.22. The Hall–Kier alpha value is -2.60. The number of hydrogen-bond donors (Lipinski definition) is 0. The molecule has 0 saturated carbocycles. The Labute approximate surface area is 130 Å². The molecule has 3 rings (SSSR count). The van der Waals surface area contributed by atoms with Gasteiger partial charge < -0.3 is 4.90 Å². The Morgan fingerprint density at radius 1 is 1.05 bits per heavy atom. The van der Waals surface area contributed by atoms with Crippen molar-refractivity contribution in [2.75, 3.05) is 11.4 Å². The highest BCUT2D eigenvalue weighted by Crippen LogP contribution is 2.27. The average molecular weight is 290 g/mol. The van der Waals surface area contributed by atoms with Gasteiger partial charge in [0.2, 0.25) is 5.91 Å². The summed E-state index contributed by atoms with van der Waals surface area (Å²) in [5.74, 6) is 0.221. The summed E-state index contributed by atoms with van der Waals surface area (Å²) in [6.07, 6.45) is 3.29. The Balaban J connectivity index is 1.63. The first-order valence-corrected chi connectivity index (χ1v) is 7.65. The maximum atomic E-state index is 12.2. The van der Waals surface area contributed by atoms with Crippen LogP contribution in [0.25, 0.3) is 0 Å². The van der Waals surface area contributed by atoms with Gasteiger partial charge in [0.25, 0.3) is 0 Å². The van der Waals surface area contributed by atoms with E-state index in [4.69, 9.17) is 5.26 Å². The van der Waals surface area contributed by atoms with E-state index in [1.54, 1.807) is 0 Å². The first kappa shape index (κ1) is 14.3. The lowest BCUT2D eigenvalue weighted by Crippen LogP contribution is -2.36. The highest BCUT2D eigenvalue weighted by atomic mass is 16.2. The van der Waals surface area contributed by atoms with E-state index in [-0.39, 0.29) is 5.91 Å². The number of nitriles is 1. The molecule has 0 radical (unpaired) electrons. The summed E-state index contributed by atoms with van der Waals surface area (Å²) >= 11 is 0. The van der Waals surface area contributed by atoms with Crippen molar-refractivity contribution in [3.05, 3.63) is 65.2 Å². The number of fused-ring (bicyclic) bond motifs is 1. The lowest BCUT2D eigenvalue weighted by atomic mass is 10.0. The van der Waals surface area contributed by atoms with Crippen molar-refractivity contribution >= 4 is 11.6 Å². The van der Waals surface area contributed by atoms with Gasteiger partial charge >= 0.3 is 0 Å². The predicted octanol–water partition coefficient (Wildman–Crippen LogP) is 3.47. The fourth-order valence-electron chi connectivity index (χ4n) is 2.93. The van der Waals surface area contributed by atoms with Gasteiger partial charge in [-0.25, -0.2) is 0 Å². The average Bonchev–Trinajstić information content (AvgIpc) is 2.57. The molecule has 2 aromatic rings. The van der Waals surface area contributed by atoms with Crippen molar-refractivity contribution < 1.29 is 4.79 Å². The minimum absolute atomic E-state index is 0.221. The summed E-state index contributed by atoms with van der Waals surface area (Å²) in [6.45, 7) is 0.746. The van der Waals surface area contributed by atoms with E-state index in [9.17, 15) is 4.79 Å². The van der Waals surface area contributed by atoms with E-state index < -0.39 is 0 Å². The van der Waals surface area contributed by atoms with Crippen LogP contribution in [0.5, 0.6) is 0 Å². The number of aryl methyl sites for hydroxylation is 2. The topological polar surface area (TPSA) is 44.1 Å². The van der Waals surface area contributed by atoms with Gasteiger partial charge in [-0.1, -0.05) is 30.3 Å². The SMILES string of the molecule is N#Cc1ccc(CCCN2C(=O)CCc3ccccc32)cc1. The molecule has 1 heterocycles. The predicted molar refractivity (Wildman–Crippen MR) is 86.6 cm³/mol. The molecule has 0 saturated heterocycles. The summed E-state index contributed by atoms with van der Waals surface area (Å²) in [5, 5.41) is 8.80. The first-order chi connectivity index (χ1) is 10.8. The van der Waals surface area contributed by atoms with Crippen LogP contribution in [-0.2, 0) is 17.6 Å². The number of benzene rings is 2. The molecule has 0 aliphatic carbocycles. The van der Waals surface area contributed by atoms with Gasteiger partial charge in [0.05, 0.1) is 11.6 Å². The number of anilines is 1. The van der Waals surface area contributed by atoms with Crippen molar-refractivity contribution in [3.8, 4) is 6.07 Å². The molecule has 2 aromatic carbocycles. The van der Waals surface area contributed by atoms with E-state index >= 15 is 0 Å². The molecule has 0 bridgehead atoms. The molecule has 22 heavy (non-hydrogen) atoms. The van der Waals surface area contributed by atoms with Crippen LogP contribution in [0.2, 0.25) is 0 Å². The van der Waals surface area contributed by atoms with E-state index in [1.807, 2.05) is 47.4 Å². The zero-order chi connectivity index (χ0) is 15.4. The number of rotatable bonds is 4. The zero-order valence-corrected chi connectivity index (χ0v) is 12.5. The second-order valence-corrected chi connectivity index (χ2v) is 5.59. The van der Waals surface area contributed by atoms with Crippen molar-refractivity contribution in [1.82, 2.24) is 0 Å². The molecule has 0 atom stereocenters. The minimum Gasteiger partial charge on any atom is -0.312 e. The fraction of sp³-hybridized carbons (Fsp3) is 0.263. The van der Waals surface area contributed by atoms with Gasteiger partial charge in [0, 0.05) is 18.7 Å². The summed E-state index contributed by atoms with van der Waals surface area (Å²) in [4.78, 5) is 14.1. The largest absolute Gasteiger partial charge is 0.312 e. The zero-order valence-electron chi connectivity index (χ0n) is 12.5. The van der Waals surface area contributed by atoms with Crippen LogP contribution in [-0.4, -0.2) is 12.5 Å². The highest BCUT2D eigenvalue weighted by molar-refractivity contribution is 5.96. The third-order valence-electron chi connectivity index (χ3n) is 4.12. The number of hydrogen-bond acceptors (Lipinski definition) is 2. The molecule has 0 aromatic heterocycles. The second-order valence-electron chi connectivity index (χ2n) is 5.59.